The van der Waals surface area contributed by atoms with Crippen molar-refractivity contribution in [2.24, 2.45) is 0 Å². The van der Waals surface area contributed by atoms with Gasteiger partial charge in [0.15, 0.2) is 6.29 Å². The quantitative estimate of drug-likeness (QED) is 0.273. The Morgan fingerprint density at radius 1 is 1.03 bits per heavy atom. The van der Waals surface area contributed by atoms with Crippen molar-refractivity contribution in [3.63, 3.8) is 0 Å². The Balaban J connectivity index is 1.86. The number of allylic oxidation sites excluding steroid dienone is 3. The molecule has 1 heterocycles. The molecule has 0 bridgehead atoms. The first kappa shape index (κ1) is 24.0. The minimum atomic E-state index is -0.0906. The number of hydrogen-bond donors (Lipinski definition) is 1. The zero-order valence-corrected chi connectivity index (χ0v) is 19.7. The highest BCUT2D eigenvalue weighted by atomic mass is 16.5. The highest BCUT2D eigenvalue weighted by Crippen LogP contribution is 2.43. The number of aldehydes is 1. The number of aromatic hydroxyl groups is 1. The van der Waals surface area contributed by atoms with E-state index >= 15 is 0 Å². The van der Waals surface area contributed by atoms with Crippen molar-refractivity contribution in [3.8, 4) is 34.3 Å². The fourth-order valence-corrected chi connectivity index (χ4v) is 3.56. The fraction of sp³-hybridized carbons (Fsp3) is 0.296. The fourth-order valence-electron chi connectivity index (χ4n) is 3.56. The highest BCUT2D eigenvalue weighted by Gasteiger charge is 2.22. The van der Waals surface area contributed by atoms with Crippen LogP contribution in [0.5, 0.6) is 23.0 Å². The Morgan fingerprint density at radius 2 is 1.82 bits per heavy atom. The van der Waals surface area contributed by atoms with Gasteiger partial charge in [0.05, 0.1) is 30.7 Å². The number of carbonyl (C=O) groups excluding carboxylic acids is 1. The summed E-state index contributed by atoms with van der Waals surface area (Å²) in [5.41, 5.74) is 3.76. The first-order chi connectivity index (χ1) is 15.9. The Kier molecular flexibility index (Phi) is 7.83. The summed E-state index contributed by atoms with van der Waals surface area (Å²) in [5, 5.41) is 10.7. The van der Waals surface area contributed by atoms with E-state index in [-0.39, 0.29) is 11.3 Å². The zero-order chi connectivity index (χ0) is 24.0. The lowest BCUT2D eigenvalue weighted by Crippen LogP contribution is -1.97. The predicted molar refractivity (Wildman–Crippen MR) is 130 cm³/mol. The molecular formula is C27H30O6. The van der Waals surface area contributed by atoms with Gasteiger partial charge in [0, 0.05) is 18.2 Å². The van der Waals surface area contributed by atoms with E-state index in [1.807, 2.05) is 0 Å². The second-order valence-electron chi connectivity index (χ2n) is 8.03. The topological polar surface area (TPSA) is 78.1 Å². The number of ether oxygens (including phenoxy) is 3. The lowest BCUT2D eigenvalue weighted by Gasteiger charge is -2.10. The maximum Gasteiger partial charge on any atom is 0.154 e. The first-order valence-electron chi connectivity index (χ1n) is 10.8. The van der Waals surface area contributed by atoms with Crippen molar-refractivity contribution >= 4 is 17.3 Å². The number of carbonyl (C=O) groups is 1. The lowest BCUT2D eigenvalue weighted by atomic mass is 10.0. The number of methoxy groups -OCH3 is 2. The van der Waals surface area contributed by atoms with Crippen LogP contribution in [0.2, 0.25) is 0 Å². The maximum atomic E-state index is 11.9. The molecule has 0 aliphatic rings. The van der Waals surface area contributed by atoms with Crippen LogP contribution < -0.4 is 14.2 Å². The van der Waals surface area contributed by atoms with Crippen molar-refractivity contribution in [3.05, 3.63) is 59.2 Å². The van der Waals surface area contributed by atoms with Gasteiger partial charge in [-0.25, -0.2) is 0 Å². The monoisotopic (exact) mass is 450 g/mol. The average molecular weight is 451 g/mol. The molecular weight excluding hydrogens is 420 g/mol. The van der Waals surface area contributed by atoms with Crippen molar-refractivity contribution < 1.29 is 28.5 Å². The third kappa shape index (κ3) is 5.58. The van der Waals surface area contributed by atoms with Gasteiger partial charge in [-0.1, -0.05) is 17.2 Å². The van der Waals surface area contributed by atoms with Gasteiger partial charge in [0.2, 0.25) is 0 Å². The molecule has 0 atom stereocenters. The molecule has 0 aliphatic carbocycles. The summed E-state index contributed by atoms with van der Waals surface area (Å²) in [5.74, 6) is 1.77. The first-order valence-corrected chi connectivity index (χ1v) is 10.8. The van der Waals surface area contributed by atoms with E-state index in [2.05, 4.69) is 32.9 Å². The normalized spacial score (nSPS) is 11.4. The smallest absolute Gasteiger partial charge is 0.154 e. The number of furan rings is 1. The van der Waals surface area contributed by atoms with Gasteiger partial charge in [-0.05, 0) is 51.8 Å². The van der Waals surface area contributed by atoms with Gasteiger partial charge < -0.3 is 23.7 Å². The molecule has 0 unspecified atom stereocenters. The molecule has 1 N–H and O–H groups in total. The van der Waals surface area contributed by atoms with Gasteiger partial charge in [0.25, 0.3) is 0 Å². The number of phenols is 1. The standard InChI is InChI=1S/C27H30O6/c1-17(2)7-6-8-18(3)11-12-32-19-9-10-21(24(14-19)31-5)27-22(16-28)26-23(29)13-20(30-4)15-25(26)33-27/h7,9-11,13-16,29H,6,8,12H2,1-5H3/b18-11+. The molecule has 0 amide bonds. The summed E-state index contributed by atoms with van der Waals surface area (Å²) in [7, 11) is 3.03. The molecule has 3 aromatic rings. The van der Waals surface area contributed by atoms with E-state index in [1.165, 1.54) is 24.3 Å². The van der Waals surface area contributed by atoms with Gasteiger partial charge in [0.1, 0.15) is 40.9 Å². The number of phenolic OH excluding ortho intramolecular Hbond substituents is 1. The van der Waals surface area contributed by atoms with E-state index in [0.29, 0.717) is 52.4 Å². The zero-order valence-electron chi connectivity index (χ0n) is 19.7. The Morgan fingerprint density at radius 3 is 2.48 bits per heavy atom. The van der Waals surface area contributed by atoms with Gasteiger partial charge in [-0.15, -0.1) is 0 Å². The van der Waals surface area contributed by atoms with Gasteiger partial charge in [-0.3, -0.25) is 4.79 Å². The Hall–Kier alpha value is -3.67. The molecule has 0 aliphatic heterocycles. The van der Waals surface area contributed by atoms with Crippen molar-refractivity contribution in [2.75, 3.05) is 20.8 Å². The van der Waals surface area contributed by atoms with Crippen molar-refractivity contribution in [2.45, 2.75) is 33.6 Å². The van der Waals surface area contributed by atoms with Crippen molar-refractivity contribution in [1.82, 2.24) is 0 Å². The maximum absolute atomic E-state index is 11.9. The molecule has 1 aromatic heterocycles. The number of fused-ring (bicyclic) bond motifs is 1. The SMILES string of the molecule is COc1cc(O)c2c(C=O)c(-c3ccc(OC/C=C(\C)CCC=C(C)C)cc3OC)oc2c1. The summed E-state index contributed by atoms with van der Waals surface area (Å²) in [6, 6.07) is 8.40. The molecule has 0 saturated heterocycles. The molecule has 0 saturated carbocycles. The molecule has 3 rings (SSSR count). The second-order valence-corrected chi connectivity index (χ2v) is 8.03. The average Bonchev–Trinajstić information content (AvgIpc) is 3.17. The van der Waals surface area contributed by atoms with Crippen LogP contribution in [0.4, 0.5) is 0 Å². The minimum absolute atomic E-state index is 0.0906. The molecule has 2 aromatic carbocycles. The van der Waals surface area contributed by atoms with Gasteiger partial charge in [-0.2, -0.15) is 0 Å². The van der Waals surface area contributed by atoms with Crippen LogP contribution in [0.25, 0.3) is 22.3 Å². The number of hydrogen-bond acceptors (Lipinski definition) is 6. The molecule has 174 valence electrons. The van der Waals surface area contributed by atoms with Crippen LogP contribution in [0.3, 0.4) is 0 Å². The van der Waals surface area contributed by atoms with Crippen LogP contribution in [0.15, 0.2) is 58.0 Å². The van der Waals surface area contributed by atoms with E-state index < -0.39 is 0 Å². The van der Waals surface area contributed by atoms with E-state index in [9.17, 15) is 9.90 Å². The Labute approximate surface area is 194 Å². The van der Waals surface area contributed by atoms with Crippen LogP contribution in [0, 0.1) is 0 Å². The lowest BCUT2D eigenvalue weighted by molar-refractivity contribution is 0.112. The summed E-state index contributed by atoms with van der Waals surface area (Å²) < 4.78 is 22.5. The molecule has 0 spiro atoms. The molecule has 0 fully saturated rings. The van der Waals surface area contributed by atoms with Gasteiger partial charge >= 0.3 is 0 Å². The largest absolute Gasteiger partial charge is 0.507 e. The molecule has 33 heavy (non-hydrogen) atoms. The highest BCUT2D eigenvalue weighted by molar-refractivity contribution is 6.06. The molecule has 6 nitrogen and oxygen atoms in total. The molecule has 6 heteroatoms. The van der Waals surface area contributed by atoms with Crippen LogP contribution in [-0.2, 0) is 0 Å². The van der Waals surface area contributed by atoms with E-state index in [0.717, 1.165) is 12.8 Å². The molecule has 0 radical (unpaired) electrons. The summed E-state index contributed by atoms with van der Waals surface area (Å²) in [4.78, 5) is 11.9. The van der Waals surface area contributed by atoms with Crippen molar-refractivity contribution in [1.29, 1.82) is 0 Å². The third-order valence-corrected chi connectivity index (χ3v) is 5.33. The summed E-state index contributed by atoms with van der Waals surface area (Å²) in [6.45, 7) is 6.74. The number of rotatable bonds is 10. The van der Waals surface area contributed by atoms with E-state index in [4.69, 9.17) is 18.6 Å². The summed E-state index contributed by atoms with van der Waals surface area (Å²) in [6.07, 6.45) is 6.97. The summed E-state index contributed by atoms with van der Waals surface area (Å²) >= 11 is 0. The predicted octanol–water partition coefficient (Wildman–Crippen LogP) is 6.71. The van der Waals surface area contributed by atoms with E-state index in [1.54, 1.807) is 31.4 Å². The Bertz CT molecular complexity index is 1200. The van der Waals surface area contributed by atoms with Crippen LogP contribution >= 0.6 is 0 Å². The minimum Gasteiger partial charge on any atom is -0.507 e. The van der Waals surface area contributed by atoms with Crippen LogP contribution in [0.1, 0.15) is 44.0 Å². The number of benzene rings is 2. The second kappa shape index (κ2) is 10.8. The third-order valence-electron chi connectivity index (χ3n) is 5.33. The van der Waals surface area contributed by atoms with Crippen LogP contribution in [-0.4, -0.2) is 32.2 Å².